The number of hydrogen-bond donors (Lipinski definition) is 1. The number of carbonyl (C=O) groups excluding carboxylic acids is 1. The summed E-state index contributed by atoms with van der Waals surface area (Å²) in [7, 11) is 0. The van der Waals surface area contributed by atoms with E-state index in [-0.39, 0.29) is 22.5 Å². The minimum absolute atomic E-state index is 0.0671. The Morgan fingerprint density at radius 1 is 1.35 bits per heavy atom. The molecule has 5 heteroatoms. The molecule has 0 radical (unpaired) electrons. The largest absolute Gasteiger partial charge is 0.334 e. The molecule has 20 heavy (non-hydrogen) atoms. The van der Waals surface area contributed by atoms with E-state index in [4.69, 9.17) is 11.6 Å². The van der Waals surface area contributed by atoms with Gasteiger partial charge in [0, 0.05) is 18.6 Å². The van der Waals surface area contributed by atoms with Gasteiger partial charge in [-0.25, -0.2) is 4.39 Å². The van der Waals surface area contributed by atoms with Crippen LogP contribution in [0.4, 0.5) is 4.39 Å². The van der Waals surface area contributed by atoms with Gasteiger partial charge in [-0.2, -0.15) is 0 Å². The van der Waals surface area contributed by atoms with Crippen LogP contribution in [-0.2, 0) is 0 Å². The Labute approximate surface area is 123 Å². The van der Waals surface area contributed by atoms with Crippen LogP contribution >= 0.6 is 11.6 Å². The van der Waals surface area contributed by atoms with Gasteiger partial charge >= 0.3 is 0 Å². The zero-order valence-corrected chi connectivity index (χ0v) is 12.0. The van der Waals surface area contributed by atoms with E-state index in [1.54, 1.807) is 6.07 Å². The zero-order chi connectivity index (χ0) is 14.1. The highest BCUT2D eigenvalue weighted by Gasteiger charge is 2.36. The second-order valence-corrected chi connectivity index (χ2v) is 5.89. The standard InChI is InChI=1S/C15H18ClFN2O/c16-14-10(4-1-5-11(14)17)15(20)19-9-3-7-13(19)12-6-2-8-18-12/h1,4-5,12-13,18H,2-3,6-9H2. The van der Waals surface area contributed by atoms with Crippen molar-refractivity contribution in [2.45, 2.75) is 37.8 Å². The van der Waals surface area contributed by atoms with E-state index in [0.717, 1.165) is 38.8 Å². The Bertz CT molecular complexity index is 517. The highest BCUT2D eigenvalue weighted by molar-refractivity contribution is 6.34. The van der Waals surface area contributed by atoms with E-state index in [1.807, 2.05) is 4.90 Å². The molecule has 2 fully saturated rings. The topological polar surface area (TPSA) is 32.3 Å². The van der Waals surface area contributed by atoms with Crippen molar-refractivity contribution in [2.24, 2.45) is 0 Å². The third kappa shape index (κ3) is 2.42. The van der Waals surface area contributed by atoms with E-state index in [1.165, 1.54) is 12.1 Å². The summed E-state index contributed by atoms with van der Waals surface area (Å²) in [6.07, 6.45) is 4.27. The molecule has 2 unspecified atom stereocenters. The first-order chi connectivity index (χ1) is 9.68. The van der Waals surface area contributed by atoms with Gasteiger partial charge in [0.05, 0.1) is 10.6 Å². The molecule has 0 aliphatic carbocycles. The first-order valence-corrected chi connectivity index (χ1v) is 7.54. The molecule has 0 saturated carbocycles. The van der Waals surface area contributed by atoms with Crippen molar-refractivity contribution in [1.29, 1.82) is 0 Å². The lowest BCUT2D eigenvalue weighted by atomic mass is 10.0. The molecular formula is C15H18ClFN2O. The molecule has 2 saturated heterocycles. The van der Waals surface area contributed by atoms with Crippen LogP contribution in [0, 0.1) is 5.82 Å². The van der Waals surface area contributed by atoms with Crippen molar-refractivity contribution >= 4 is 17.5 Å². The second kappa shape index (κ2) is 5.70. The summed E-state index contributed by atoms with van der Waals surface area (Å²) in [6.45, 7) is 1.75. The van der Waals surface area contributed by atoms with E-state index >= 15 is 0 Å². The average molecular weight is 297 g/mol. The monoisotopic (exact) mass is 296 g/mol. The van der Waals surface area contributed by atoms with Crippen LogP contribution in [0.15, 0.2) is 18.2 Å². The Kier molecular flexibility index (Phi) is 3.94. The predicted octanol–water partition coefficient (Wildman–Crippen LogP) is 2.84. The third-order valence-electron chi connectivity index (χ3n) is 4.30. The summed E-state index contributed by atoms with van der Waals surface area (Å²) in [4.78, 5) is 14.5. The van der Waals surface area contributed by atoms with E-state index in [2.05, 4.69) is 5.32 Å². The molecule has 1 N–H and O–H groups in total. The van der Waals surface area contributed by atoms with E-state index in [0.29, 0.717) is 6.04 Å². The number of benzene rings is 1. The molecule has 1 aromatic carbocycles. The third-order valence-corrected chi connectivity index (χ3v) is 4.69. The van der Waals surface area contributed by atoms with Crippen LogP contribution in [0.25, 0.3) is 0 Å². The average Bonchev–Trinajstić information content (AvgIpc) is 3.10. The first-order valence-electron chi connectivity index (χ1n) is 7.17. The highest BCUT2D eigenvalue weighted by Crippen LogP contribution is 2.29. The Morgan fingerprint density at radius 2 is 2.20 bits per heavy atom. The van der Waals surface area contributed by atoms with Crippen molar-refractivity contribution in [3.63, 3.8) is 0 Å². The lowest BCUT2D eigenvalue weighted by molar-refractivity contribution is 0.0711. The minimum Gasteiger partial charge on any atom is -0.334 e. The molecule has 0 aromatic heterocycles. The number of amides is 1. The summed E-state index contributed by atoms with van der Waals surface area (Å²) in [5.41, 5.74) is 0.275. The Morgan fingerprint density at radius 3 is 2.95 bits per heavy atom. The van der Waals surface area contributed by atoms with Crippen LogP contribution in [0.5, 0.6) is 0 Å². The van der Waals surface area contributed by atoms with Gasteiger partial charge in [-0.3, -0.25) is 4.79 Å². The molecule has 0 spiro atoms. The summed E-state index contributed by atoms with van der Waals surface area (Å²) in [5, 5.41) is 3.39. The normalized spacial score (nSPS) is 26.2. The van der Waals surface area contributed by atoms with Crippen LogP contribution in [0.3, 0.4) is 0 Å². The van der Waals surface area contributed by atoms with Crippen LogP contribution in [0.1, 0.15) is 36.0 Å². The highest BCUT2D eigenvalue weighted by atomic mass is 35.5. The van der Waals surface area contributed by atoms with Gasteiger partial charge in [0.1, 0.15) is 5.82 Å². The maximum atomic E-state index is 13.5. The number of nitrogens with zero attached hydrogens (tertiary/aromatic N) is 1. The molecular weight excluding hydrogens is 279 g/mol. The fourth-order valence-corrected chi connectivity index (χ4v) is 3.53. The van der Waals surface area contributed by atoms with E-state index < -0.39 is 5.82 Å². The molecule has 0 bridgehead atoms. The van der Waals surface area contributed by atoms with Gasteiger partial charge in [0.15, 0.2) is 0 Å². The molecule has 108 valence electrons. The van der Waals surface area contributed by atoms with Crippen molar-refractivity contribution in [3.05, 3.63) is 34.6 Å². The van der Waals surface area contributed by atoms with Crippen molar-refractivity contribution < 1.29 is 9.18 Å². The lowest BCUT2D eigenvalue weighted by Gasteiger charge is -2.30. The van der Waals surface area contributed by atoms with Gasteiger partial charge < -0.3 is 10.2 Å². The number of rotatable bonds is 2. The second-order valence-electron chi connectivity index (χ2n) is 5.51. The molecule has 3 rings (SSSR count). The fraction of sp³-hybridized carbons (Fsp3) is 0.533. The molecule has 2 heterocycles. The molecule has 3 nitrogen and oxygen atoms in total. The van der Waals surface area contributed by atoms with Crippen molar-refractivity contribution in [2.75, 3.05) is 13.1 Å². The number of halogens is 2. The van der Waals surface area contributed by atoms with E-state index in [9.17, 15) is 9.18 Å². The number of hydrogen-bond acceptors (Lipinski definition) is 2. The first kappa shape index (κ1) is 13.8. The molecule has 1 amide bonds. The lowest BCUT2D eigenvalue weighted by Crippen LogP contribution is -2.46. The number of carbonyl (C=O) groups is 1. The summed E-state index contributed by atoms with van der Waals surface area (Å²) in [5.74, 6) is -0.682. The number of likely N-dealkylation sites (tertiary alicyclic amines) is 1. The van der Waals surface area contributed by atoms with Gasteiger partial charge in [-0.15, -0.1) is 0 Å². The molecule has 1 aromatic rings. The molecule has 2 aliphatic heterocycles. The fourth-order valence-electron chi connectivity index (χ4n) is 3.33. The van der Waals surface area contributed by atoms with Gasteiger partial charge in [0.2, 0.25) is 0 Å². The SMILES string of the molecule is O=C(c1cccc(F)c1Cl)N1CCCC1C1CCCN1. The van der Waals surface area contributed by atoms with Crippen molar-refractivity contribution in [1.82, 2.24) is 10.2 Å². The summed E-state index contributed by atoms with van der Waals surface area (Å²) in [6, 6.07) is 5.00. The quantitative estimate of drug-likeness (QED) is 0.910. The maximum Gasteiger partial charge on any atom is 0.255 e. The minimum atomic E-state index is -0.535. The van der Waals surface area contributed by atoms with Crippen LogP contribution < -0.4 is 5.32 Å². The number of nitrogens with one attached hydrogen (secondary N) is 1. The van der Waals surface area contributed by atoms with Crippen LogP contribution in [-0.4, -0.2) is 36.0 Å². The van der Waals surface area contributed by atoms with Crippen molar-refractivity contribution in [3.8, 4) is 0 Å². The van der Waals surface area contributed by atoms with Gasteiger partial charge in [-0.05, 0) is 44.4 Å². The van der Waals surface area contributed by atoms with Crippen LogP contribution in [0.2, 0.25) is 5.02 Å². The van der Waals surface area contributed by atoms with Gasteiger partial charge in [0.25, 0.3) is 5.91 Å². The molecule has 2 atom stereocenters. The summed E-state index contributed by atoms with van der Waals surface area (Å²) >= 11 is 5.94. The summed E-state index contributed by atoms with van der Waals surface area (Å²) < 4.78 is 13.5. The predicted molar refractivity (Wildman–Crippen MR) is 76.5 cm³/mol. The van der Waals surface area contributed by atoms with Gasteiger partial charge in [-0.1, -0.05) is 17.7 Å². The Hall–Kier alpha value is -1.13. The maximum absolute atomic E-state index is 13.5. The zero-order valence-electron chi connectivity index (χ0n) is 11.2. The smallest absolute Gasteiger partial charge is 0.255 e. The molecule has 2 aliphatic rings. The Balaban J connectivity index is 1.83.